The topological polar surface area (TPSA) is 130 Å². The molecule has 176 valence electrons. The van der Waals surface area contributed by atoms with Crippen LogP contribution in [0.5, 0.6) is 5.75 Å². The Hall–Kier alpha value is -4.85. The van der Waals surface area contributed by atoms with Crippen molar-refractivity contribution in [2.75, 3.05) is 14.2 Å². The summed E-state index contributed by atoms with van der Waals surface area (Å²) in [6.45, 7) is 0. The maximum atomic E-state index is 12.6. The van der Waals surface area contributed by atoms with Gasteiger partial charge < -0.3 is 29.5 Å². The summed E-state index contributed by atoms with van der Waals surface area (Å²) >= 11 is 0. The van der Waals surface area contributed by atoms with E-state index in [0.29, 0.717) is 28.0 Å². The van der Waals surface area contributed by atoms with Crippen molar-refractivity contribution in [3.63, 3.8) is 0 Å². The molecule has 3 aromatic carbocycles. The molecule has 0 unspecified atom stereocenters. The first-order chi connectivity index (χ1) is 16.8. The van der Waals surface area contributed by atoms with Crippen molar-refractivity contribution in [2.45, 2.75) is 0 Å². The van der Waals surface area contributed by atoms with Crippen LogP contribution in [0.3, 0.4) is 0 Å². The molecule has 1 aliphatic carbocycles. The second-order valence-corrected chi connectivity index (χ2v) is 7.51. The van der Waals surface area contributed by atoms with E-state index in [1.165, 1.54) is 7.11 Å². The van der Waals surface area contributed by atoms with E-state index in [1.54, 1.807) is 25.3 Å². The average Bonchev–Trinajstić information content (AvgIpc) is 2.85. The fraction of sp³-hybridized carbons (Fsp3) is 0.0741. The first-order valence-corrected chi connectivity index (χ1v) is 10.5. The highest BCUT2D eigenvalue weighted by atomic mass is 16.6. The molecule has 35 heavy (non-hydrogen) atoms. The highest BCUT2D eigenvalue weighted by molar-refractivity contribution is 6.15. The Labute approximate surface area is 199 Å². The third kappa shape index (κ3) is 4.37. The molecular weight excluding hydrogens is 450 g/mol. The number of rotatable bonds is 3. The van der Waals surface area contributed by atoms with E-state index in [4.69, 9.17) is 34.3 Å². The van der Waals surface area contributed by atoms with Crippen molar-refractivity contribution in [1.82, 2.24) is 0 Å². The zero-order valence-corrected chi connectivity index (χ0v) is 18.9. The second kappa shape index (κ2) is 9.56. The molecule has 2 aliphatic rings. The lowest BCUT2D eigenvalue weighted by Crippen LogP contribution is -2.05. The number of carbonyl (C=O) groups excluding carboxylic acids is 1. The zero-order chi connectivity index (χ0) is 25.1. The summed E-state index contributed by atoms with van der Waals surface area (Å²) in [5.74, 6) is 0.849. The van der Waals surface area contributed by atoms with Crippen LogP contribution in [0.1, 0.15) is 10.4 Å². The Morgan fingerprint density at radius 2 is 1.63 bits per heavy atom. The molecule has 8 nitrogen and oxygen atoms in total. The fourth-order valence-electron chi connectivity index (χ4n) is 4.13. The molecule has 0 radical (unpaired) electrons. The largest absolute Gasteiger partial charge is 0.503 e. The minimum atomic E-state index is -1.83. The van der Waals surface area contributed by atoms with Gasteiger partial charge in [0.05, 0.1) is 30.5 Å². The third-order valence-electron chi connectivity index (χ3n) is 5.51. The van der Waals surface area contributed by atoms with Gasteiger partial charge in [-0.15, -0.1) is 0 Å². The van der Waals surface area contributed by atoms with Crippen molar-refractivity contribution in [1.29, 1.82) is 5.41 Å². The Morgan fingerprint density at radius 3 is 2.34 bits per heavy atom. The van der Waals surface area contributed by atoms with E-state index in [0.717, 1.165) is 32.8 Å². The van der Waals surface area contributed by atoms with Gasteiger partial charge in [0, 0.05) is 22.6 Å². The number of fused-ring (bicyclic) bond motifs is 4. The van der Waals surface area contributed by atoms with Crippen molar-refractivity contribution >= 4 is 33.9 Å². The lowest BCUT2D eigenvalue weighted by Gasteiger charge is -2.18. The predicted molar refractivity (Wildman–Crippen MR) is 130 cm³/mol. The number of benzene rings is 4. The Morgan fingerprint density at radius 1 is 0.886 bits per heavy atom. The normalized spacial score (nSPS) is 10.6. The minimum absolute atomic E-state index is 0.343. The summed E-state index contributed by atoms with van der Waals surface area (Å²) in [6.07, 6.45) is -1.83. The first kappa shape index (κ1) is 23.3. The molecule has 0 aromatic heterocycles. The standard InChI is InChI=1S/C26H19NO4.CH2O3/c1-29-21-9-5-6-15-10-12-20-24(17-7-3-4-8-18(17)26(28)30-2)19-13-11-16(27)14-22(19)31-25(20)23(15)21;2-1(3)4/h3-14,27H,1-2H3;(H2,2,3,4). The van der Waals surface area contributed by atoms with Gasteiger partial charge in [-0.2, -0.15) is 0 Å². The molecular formula is C27H21NO7. The van der Waals surface area contributed by atoms with Crippen molar-refractivity contribution in [3.05, 3.63) is 83.7 Å². The minimum Gasteiger partial charge on any atom is -0.496 e. The Kier molecular flexibility index (Phi) is 6.37. The number of hydrogen-bond donors (Lipinski definition) is 3. The fourth-order valence-corrected chi connectivity index (χ4v) is 4.13. The summed E-state index contributed by atoms with van der Waals surface area (Å²) in [5.41, 5.74) is 3.52. The van der Waals surface area contributed by atoms with Crippen LogP contribution in [0.25, 0.3) is 44.2 Å². The van der Waals surface area contributed by atoms with Gasteiger partial charge in [0.15, 0.2) is 0 Å². The van der Waals surface area contributed by atoms with Crippen LogP contribution in [-0.2, 0) is 4.74 Å². The number of methoxy groups -OCH3 is 2. The van der Waals surface area contributed by atoms with Crippen LogP contribution in [0.2, 0.25) is 0 Å². The van der Waals surface area contributed by atoms with Gasteiger partial charge in [0.1, 0.15) is 17.1 Å². The van der Waals surface area contributed by atoms with Crippen molar-refractivity contribution in [3.8, 4) is 28.2 Å². The summed E-state index contributed by atoms with van der Waals surface area (Å²) in [7, 11) is 3.00. The van der Waals surface area contributed by atoms with Gasteiger partial charge >= 0.3 is 12.1 Å². The molecule has 0 bridgehead atoms. The molecule has 0 fully saturated rings. The molecule has 3 aromatic rings. The van der Waals surface area contributed by atoms with Crippen LogP contribution < -0.4 is 10.1 Å². The van der Waals surface area contributed by atoms with Crippen LogP contribution in [0, 0.1) is 5.41 Å². The first-order valence-electron chi connectivity index (χ1n) is 10.5. The number of esters is 1. The molecule has 3 N–H and O–H groups in total. The lowest BCUT2D eigenvalue weighted by atomic mass is 9.89. The maximum Gasteiger partial charge on any atom is 0.503 e. The van der Waals surface area contributed by atoms with Gasteiger partial charge in [0.25, 0.3) is 0 Å². The molecule has 0 amide bonds. The van der Waals surface area contributed by atoms with Crippen LogP contribution in [-0.4, -0.2) is 36.6 Å². The van der Waals surface area contributed by atoms with E-state index < -0.39 is 12.1 Å². The third-order valence-corrected chi connectivity index (χ3v) is 5.51. The molecule has 1 heterocycles. The Bertz CT molecular complexity index is 1600. The number of carboxylic acid groups (broad SMARTS) is 2. The summed E-state index contributed by atoms with van der Waals surface area (Å²) < 4.78 is 17.0. The number of hydrogen-bond acceptors (Lipinski definition) is 6. The molecule has 5 rings (SSSR count). The molecule has 0 saturated carbocycles. The monoisotopic (exact) mass is 471 g/mol. The molecule has 0 spiro atoms. The molecule has 8 heteroatoms. The highest BCUT2D eigenvalue weighted by Gasteiger charge is 2.23. The Balaban J connectivity index is 0.000000672. The number of carbonyl (C=O) groups is 2. The van der Waals surface area contributed by atoms with E-state index in [-0.39, 0.29) is 0 Å². The van der Waals surface area contributed by atoms with Crippen molar-refractivity contribution in [2.24, 2.45) is 0 Å². The van der Waals surface area contributed by atoms with E-state index in [1.807, 2.05) is 54.6 Å². The van der Waals surface area contributed by atoms with Gasteiger partial charge in [-0.1, -0.05) is 36.4 Å². The maximum absolute atomic E-state index is 12.6. The highest BCUT2D eigenvalue weighted by Crippen LogP contribution is 2.44. The quantitative estimate of drug-likeness (QED) is 0.171. The predicted octanol–water partition coefficient (Wildman–Crippen LogP) is 5.85. The van der Waals surface area contributed by atoms with Gasteiger partial charge in [-0.25, -0.2) is 9.59 Å². The second-order valence-electron chi connectivity index (χ2n) is 7.51. The van der Waals surface area contributed by atoms with Crippen LogP contribution in [0.15, 0.2) is 77.2 Å². The zero-order valence-electron chi connectivity index (χ0n) is 18.9. The molecule has 0 atom stereocenters. The van der Waals surface area contributed by atoms with Crippen LogP contribution >= 0.6 is 0 Å². The van der Waals surface area contributed by atoms with Crippen LogP contribution in [0.4, 0.5) is 4.79 Å². The average molecular weight is 471 g/mol. The summed E-state index contributed by atoms with van der Waals surface area (Å²) in [4.78, 5) is 21.1. The van der Waals surface area contributed by atoms with Gasteiger partial charge in [-0.05, 0) is 41.3 Å². The smallest absolute Gasteiger partial charge is 0.496 e. The molecule has 1 aliphatic heterocycles. The van der Waals surface area contributed by atoms with Crippen molar-refractivity contribution < 1.29 is 33.7 Å². The van der Waals surface area contributed by atoms with E-state index >= 15 is 0 Å². The van der Waals surface area contributed by atoms with E-state index in [9.17, 15) is 4.79 Å². The van der Waals surface area contributed by atoms with E-state index in [2.05, 4.69) is 0 Å². The lowest BCUT2D eigenvalue weighted by molar-refractivity contribution is 0.0601. The number of nitrogens with one attached hydrogen (secondary N) is 1. The van der Waals surface area contributed by atoms with Gasteiger partial charge in [0.2, 0.25) is 0 Å². The molecule has 0 saturated heterocycles. The SMILES string of the molecule is COC(=O)c1ccccc1-c1c2ccc(=N)cc-2oc2c1ccc1cccc(OC)c12.O=C(O)O. The number of ether oxygens (including phenoxy) is 2. The summed E-state index contributed by atoms with van der Waals surface area (Å²) in [5, 5.41) is 25.0. The van der Waals surface area contributed by atoms with Gasteiger partial charge in [-0.3, -0.25) is 0 Å². The summed E-state index contributed by atoms with van der Waals surface area (Å²) in [6, 6.07) is 22.5.